The summed E-state index contributed by atoms with van der Waals surface area (Å²) in [5.74, 6) is 1.18. The van der Waals surface area contributed by atoms with E-state index in [1.54, 1.807) is 13.0 Å². The van der Waals surface area contributed by atoms with Gasteiger partial charge in [-0.05, 0) is 26.3 Å². The average molecular weight is 321 g/mol. The van der Waals surface area contributed by atoms with Crippen molar-refractivity contribution in [3.63, 3.8) is 0 Å². The van der Waals surface area contributed by atoms with E-state index < -0.39 is 0 Å². The molecule has 1 unspecified atom stereocenters. The maximum absolute atomic E-state index is 12.3. The van der Waals surface area contributed by atoms with Gasteiger partial charge < -0.3 is 20.1 Å². The lowest BCUT2D eigenvalue weighted by atomic mass is 10.2. The van der Waals surface area contributed by atoms with E-state index in [-0.39, 0.29) is 17.9 Å². The van der Waals surface area contributed by atoms with Crippen LogP contribution >= 0.6 is 0 Å². The fourth-order valence-electron chi connectivity index (χ4n) is 3.05. The first-order valence-corrected chi connectivity index (χ1v) is 8.09. The zero-order valence-electron chi connectivity index (χ0n) is 13.4. The molecule has 3 heterocycles. The number of nitrogens with one attached hydrogen (secondary N) is 2. The summed E-state index contributed by atoms with van der Waals surface area (Å²) in [5.41, 5.74) is 0. The van der Waals surface area contributed by atoms with Crippen LogP contribution in [0.2, 0.25) is 0 Å². The first kappa shape index (κ1) is 15.9. The van der Waals surface area contributed by atoms with Gasteiger partial charge in [-0.3, -0.25) is 14.5 Å². The monoisotopic (exact) mass is 321 g/mol. The molecule has 23 heavy (non-hydrogen) atoms. The maximum atomic E-state index is 12.3. The van der Waals surface area contributed by atoms with Gasteiger partial charge in [-0.25, -0.2) is 0 Å². The molecule has 8 heteroatoms. The summed E-state index contributed by atoms with van der Waals surface area (Å²) in [6, 6.07) is 1.67. The lowest BCUT2D eigenvalue weighted by Crippen LogP contribution is -2.54. The number of rotatable bonds is 4. The predicted molar refractivity (Wildman–Crippen MR) is 83.9 cm³/mol. The lowest BCUT2D eigenvalue weighted by Gasteiger charge is -2.35. The van der Waals surface area contributed by atoms with Crippen molar-refractivity contribution in [1.82, 2.24) is 20.3 Å². The van der Waals surface area contributed by atoms with E-state index >= 15 is 0 Å². The minimum atomic E-state index is -0.115. The molecule has 0 aromatic carbocycles. The molecule has 0 saturated carbocycles. The fourth-order valence-corrected chi connectivity index (χ4v) is 3.05. The van der Waals surface area contributed by atoms with Crippen LogP contribution in [0.15, 0.2) is 10.6 Å². The quantitative estimate of drug-likeness (QED) is 0.799. The number of carbonyl (C=O) groups is 2. The Hall–Kier alpha value is -1.93. The molecule has 0 aliphatic carbocycles. The topological polar surface area (TPSA) is 90.7 Å². The van der Waals surface area contributed by atoms with Crippen LogP contribution in [0.5, 0.6) is 0 Å². The Bertz CT molecular complexity index is 559. The molecular weight excluding hydrogens is 298 g/mol. The smallest absolute Gasteiger partial charge is 0.239 e. The Labute approximate surface area is 135 Å². The van der Waals surface area contributed by atoms with E-state index in [1.807, 2.05) is 9.80 Å². The molecule has 1 aromatic rings. The number of amides is 2. The summed E-state index contributed by atoms with van der Waals surface area (Å²) in [6.07, 6.45) is 2.00. The third kappa shape index (κ3) is 4.08. The zero-order valence-corrected chi connectivity index (χ0v) is 13.4. The third-order valence-electron chi connectivity index (χ3n) is 4.31. The van der Waals surface area contributed by atoms with Gasteiger partial charge in [-0.2, -0.15) is 0 Å². The van der Waals surface area contributed by atoms with Crippen LogP contribution < -0.4 is 10.6 Å². The Morgan fingerprint density at radius 2 is 2.17 bits per heavy atom. The third-order valence-corrected chi connectivity index (χ3v) is 4.31. The van der Waals surface area contributed by atoms with E-state index in [0.29, 0.717) is 44.3 Å². The number of nitrogens with zero attached hydrogens (tertiary/aromatic N) is 3. The summed E-state index contributed by atoms with van der Waals surface area (Å²) in [4.78, 5) is 28.3. The molecule has 1 aromatic heterocycles. The highest BCUT2D eigenvalue weighted by Gasteiger charge is 2.29. The van der Waals surface area contributed by atoms with Crippen LogP contribution in [-0.2, 0) is 9.59 Å². The second-order valence-corrected chi connectivity index (χ2v) is 6.12. The van der Waals surface area contributed by atoms with Crippen LogP contribution in [0.3, 0.4) is 0 Å². The predicted octanol–water partition coefficient (Wildman–Crippen LogP) is -0.182. The van der Waals surface area contributed by atoms with Crippen LogP contribution in [0, 0.1) is 6.92 Å². The molecule has 2 N–H and O–H groups in total. The molecule has 0 bridgehead atoms. The first-order valence-electron chi connectivity index (χ1n) is 8.09. The van der Waals surface area contributed by atoms with Gasteiger partial charge in [0, 0.05) is 32.2 Å². The Balaban J connectivity index is 1.41. The van der Waals surface area contributed by atoms with Gasteiger partial charge in [0.05, 0.1) is 12.6 Å². The van der Waals surface area contributed by atoms with E-state index in [4.69, 9.17) is 4.52 Å². The Morgan fingerprint density at radius 3 is 2.78 bits per heavy atom. The Morgan fingerprint density at radius 1 is 1.39 bits per heavy atom. The highest BCUT2D eigenvalue weighted by molar-refractivity contribution is 5.91. The molecule has 126 valence electrons. The molecule has 2 aliphatic heterocycles. The van der Waals surface area contributed by atoms with Gasteiger partial charge in [0.2, 0.25) is 11.8 Å². The molecular formula is C15H23N5O3. The highest BCUT2D eigenvalue weighted by Crippen LogP contribution is 2.11. The molecule has 8 nitrogen and oxygen atoms in total. The number of anilines is 1. The summed E-state index contributed by atoms with van der Waals surface area (Å²) in [5, 5.41) is 9.70. The summed E-state index contributed by atoms with van der Waals surface area (Å²) in [6.45, 7) is 5.78. The van der Waals surface area contributed by atoms with Gasteiger partial charge in [-0.15, -0.1) is 0 Å². The summed E-state index contributed by atoms with van der Waals surface area (Å²) in [7, 11) is 0. The largest absolute Gasteiger partial charge is 0.360 e. The van der Waals surface area contributed by atoms with Crippen LogP contribution in [0.4, 0.5) is 5.82 Å². The molecule has 0 radical (unpaired) electrons. The fraction of sp³-hybridized carbons (Fsp3) is 0.667. The van der Waals surface area contributed by atoms with Crippen LogP contribution in [-0.4, -0.2) is 72.1 Å². The summed E-state index contributed by atoms with van der Waals surface area (Å²) < 4.78 is 4.92. The van der Waals surface area contributed by atoms with Crippen LogP contribution in [0.1, 0.15) is 18.6 Å². The van der Waals surface area contributed by atoms with Crippen molar-refractivity contribution in [3.8, 4) is 0 Å². The second kappa shape index (κ2) is 7.10. The minimum absolute atomic E-state index is 0.0137. The number of hydrogen-bond donors (Lipinski definition) is 2. The highest BCUT2D eigenvalue weighted by atomic mass is 16.5. The molecule has 2 saturated heterocycles. The number of carbonyl (C=O) groups excluding carboxylic acids is 2. The van der Waals surface area contributed by atoms with E-state index in [9.17, 15) is 9.59 Å². The van der Waals surface area contributed by atoms with Crippen molar-refractivity contribution in [2.45, 2.75) is 25.8 Å². The molecule has 2 aliphatic rings. The molecule has 0 spiro atoms. The van der Waals surface area contributed by atoms with Gasteiger partial charge in [0.15, 0.2) is 5.82 Å². The molecule has 2 amide bonds. The van der Waals surface area contributed by atoms with E-state index in [2.05, 4.69) is 15.8 Å². The molecule has 3 rings (SSSR count). The van der Waals surface area contributed by atoms with Gasteiger partial charge in [0.25, 0.3) is 0 Å². The lowest BCUT2D eigenvalue weighted by molar-refractivity contribution is -0.135. The number of hydrogen-bond acceptors (Lipinski definition) is 6. The van der Waals surface area contributed by atoms with Gasteiger partial charge in [-0.1, -0.05) is 5.16 Å². The second-order valence-electron chi connectivity index (χ2n) is 6.12. The van der Waals surface area contributed by atoms with Crippen molar-refractivity contribution >= 4 is 17.6 Å². The average Bonchev–Trinajstić information content (AvgIpc) is 3.19. The zero-order chi connectivity index (χ0) is 16.2. The Kier molecular flexibility index (Phi) is 4.92. The van der Waals surface area contributed by atoms with Gasteiger partial charge >= 0.3 is 0 Å². The number of aromatic nitrogens is 1. The number of piperazine rings is 1. The van der Waals surface area contributed by atoms with Crippen LogP contribution in [0.25, 0.3) is 0 Å². The molecule has 1 atom stereocenters. The van der Waals surface area contributed by atoms with Gasteiger partial charge in [0.1, 0.15) is 5.76 Å². The van der Waals surface area contributed by atoms with Crippen molar-refractivity contribution in [2.75, 3.05) is 44.6 Å². The normalized spacial score (nSPS) is 22.3. The van der Waals surface area contributed by atoms with Crippen molar-refractivity contribution in [3.05, 3.63) is 11.8 Å². The SMILES string of the molecule is Cc1cc(NC(=O)CN2CCN(C(=O)C3CCCN3)CC2)no1. The van der Waals surface area contributed by atoms with Crippen molar-refractivity contribution < 1.29 is 14.1 Å². The molecule has 2 fully saturated rings. The number of aryl methyl sites for hydroxylation is 1. The van der Waals surface area contributed by atoms with E-state index in [0.717, 1.165) is 19.4 Å². The van der Waals surface area contributed by atoms with Crippen molar-refractivity contribution in [1.29, 1.82) is 0 Å². The summed E-state index contributed by atoms with van der Waals surface area (Å²) >= 11 is 0. The maximum Gasteiger partial charge on any atom is 0.239 e. The first-order chi connectivity index (χ1) is 11.1. The minimum Gasteiger partial charge on any atom is -0.360 e. The standard InChI is InChI=1S/C15H23N5O3/c1-11-9-13(18-23-11)17-14(21)10-19-5-7-20(8-6-19)15(22)12-3-2-4-16-12/h9,12,16H,2-8,10H2,1H3,(H,17,18,21). The van der Waals surface area contributed by atoms with E-state index in [1.165, 1.54) is 0 Å². The van der Waals surface area contributed by atoms with Crippen molar-refractivity contribution in [2.24, 2.45) is 0 Å².